The molecular weight excluding hydrogens is 430 g/mol. The van der Waals surface area contributed by atoms with Crippen LogP contribution in [0.1, 0.15) is 34.8 Å². The molecule has 4 aromatic rings. The Hall–Kier alpha value is -3.45. The summed E-state index contributed by atoms with van der Waals surface area (Å²) in [6.07, 6.45) is 5.61. The summed E-state index contributed by atoms with van der Waals surface area (Å²) in [6, 6.07) is 20.3. The van der Waals surface area contributed by atoms with Crippen molar-refractivity contribution < 1.29 is 4.79 Å². The first kappa shape index (κ1) is 21.4. The minimum absolute atomic E-state index is 0.00630. The van der Waals surface area contributed by atoms with Gasteiger partial charge in [0.1, 0.15) is 5.25 Å². The van der Waals surface area contributed by atoms with E-state index in [0.29, 0.717) is 11.0 Å². The van der Waals surface area contributed by atoms with E-state index >= 15 is 0 Å². The molecule has 0 aliphatic heterocycles. The van der Waals surface area contributed by atoms with Gasteiger partial charge in [-0.05, 0) is 56.0 Å². The second-order valence-corrected chi connectivity index (χ2v) is 9.44. The fourth-order valence-electron chi connectivity index (χ4n) is 3.81. The second kappa shape index (κ2) is 9.19. The second-order valence-electron chi connectivity index (χ2n) is 8.36. The number of rotatable bonds is 7. The fourth-order valence-corrected chi connectivity index (χ4v) is 4.87. The van der Waals surface area contributed by atoms with E-state index < -0.39 is 5.25 Å². The summed E-state index contributed by atoms with van der Waals surface area (Å²) in [5.74, 6) is 0.707. The number of amides is 1. The molecule has 166 valence electrons. The third-order valence-electron chi connectivity index (χ3n) is 5.63. The van der Waals surface area contributed by atoms with Crippen LogP contribution in [0.4, 0.5) is 0 Å². The van der Waals surface area contributed by atoms with Gasteiger partial charge in [0.05, 0.1) is 5.69 Å². The first-order valence-corrected chi connectivity index (χ1v) is 11.9. The van der Waals surface area contributed by atoms with Gasteiger partial charge in [-0.2, -0.15) is 0 Å². The molecule has 0 unspecified atom stereocenters. The van der Waals surface area contributed by atoms with E-state index in [0.717, 1.165) is 35.2 Å². The number of carbonyl (C=O) groups is 1. The number of carbonyl (C=O) groups excluding carboxylic acids is 1. The highest BCUT2D eigenvalue weighted by atomic mass is 32.2. The molecule has 6 nitrogen and oxygen atoms in total. The molecule has 7 heteroatoms. The van der Waals surface area contributed by atoms with E-state index in [-0.39, 0.29) is 11.9 Å². The highest BCUT2D eigenvalue weighted by Gasteiger charge is 2.31. The fraction of sp³-hybridized carbons (Fsp3) is 0.231. The molecule has 0 saturated heterocycles. The maximum atomic E-state index is 13.2. The first-order chi connectivity index (χ1) is 16.1. The predicted molar refractivity (Wildman–Crippen MR) is 130 cm³/mol. The van der Waals surface area contributed by atoms with Gasteiger partial charge in [-0.15, -0.1) is 10.2 Å². The predicted octanol–water partition coefficient (Wildman–Crippen LogP) is 5.06. The molecular formula is C26H25N5OS. The summed E-state index contributed by atoms with van der Waals surface area (Å²) in [7, 11) is 0. The van der Waals surface area contributed by atoms with Gasteiger partial charge in [-0.1, -0.05) is 59.8 Å². The molecule has 1 saturated carbocycles. The minimum Gasteiger partial charge on any atom is -0.352 e. The molecule has 1 fully saturated rings. The topological polar surface area (TPSA) is 72.7 Å². The van der Waals surface area contributed by atoms with Crippen LogP contribution in [0.15, 0.2) is 78.2 Å². The number of hydrogen-bond acceptors (Lipinski definition) is 5. The summed E-state index contributed by atoms with van der Waals surface area (Å²) in [4.78, 5) is 17.5. The molecule has 2 aromatic heterocycles. The van der Waals surface area contributed by atoms with Crippen LogP contribution in [-0.4, -0.2) is 31.7 Å². The van der Waals surface area contributed by atoms with Gasteiger partial charge in [0.15, 0.2) is 11.0 Å². The molecule has 1 N–H and O–H groups in total. The van der Waals surface area contributed by atoms with Crippen molar-refractivity contribution in [3.05, 3.63) is 89.7 Å². The van der Waals surface area contributed by atoms with Crippen LogP contribution in [0, 0.1) is 13.8 Å². The van der Waals surface area contributed by atoms with Gasteiger partial charge in [0.25, 0.3) is 0 Å². The SMILES string of the molecule is Cc1ccc(-n2c(S[C@@H](C(=O)NC3CC3)c3ccccc3)nnc2-c2cccnc2)c(C)c1. The van der Waals surface area contributed by atoms with E-state index in [2.05, 4.69) is 52.5 Å². The summed E-state index contributed by atoms with van der Waals surface area (Å²) >= 11 is 1.43. The van der Waals surface area contributed by atoms with Crippen LogP contribution in [0.3, 0.4) is 0 Å². The van der Waals surface area contributed by atoms with Crippen molar-refractivity contribution in [2.45, 2.75) is 43.1 Å². The third kappa shape index (κ3) is 4.68. The molecule has 33 heavy (non-hydrogen) atoms. The zero-order valence-corrected chi connectivity index (χ0v) is 19.4. The Morgan fingerprint density at radius 3 is 2.58 bits per heavy atom. The smallest absolute Gasteiger partial charge is 0.238 e. The lowest BCUT2D eigenvalue weighted by Crippen LogP contribution is -2.30. The van der Waals surface area contributed by atoms with Crippen molar-refractivity contribution in [1.29, 1.82) is 0 Å². The average Bonchev–Trinajstić information content (AvgIpc) is 3.55. The summed E-state index contributed by atoms with van der Waals surface area (Å²) < 4.78 is 2.04. The highest BCUT2D eigenvalue weighted by Crippen LogP contribution is 2.38. The molecule has 0 bridgehead atoms. The Bertz CT molecular complexity index is 1270. The lowest BCUT2D eigenvalue weighted by molar-refractivity contribution is -0.120. The van der Waals surface area contributed by atoms with Gasteiger partial charge in [0, 0.05) is 24.0 Å². The number of aryl methyl sites for hydroxylation is 2. The Morgan fingerprint density at radius 1 is 1.06 bits per heavy atom. The molecule has 1 aliphatic carbocycles. The quantitative estimate of drug-likeness (QED) is 0.395. The van der Waals surface area contributed by atoms with Crippen molar-refractivity contribution in [3.63, 3.8) is 0 Å². The van der Waals surface area contributed by atoms with E-state index in [1.165, 1.54) is 17.3 Å². The van der Waals surface area contributed by atoms with E-state index in [1.54, 1.807) is 12.4 Å². The van der Waals surface area contributed by atoms with Gasteiger partial charge < -0.3 is 5.32 Å². The van der Waals surface area contributed by atoms with Crippen molar-refractivity contribution in [3.8, 4) is 17.1 Å². The number of aromatic nitrogens is 4. The van der Waals surface area contributed by atoms with Gasteiger partial charge >= 0.3 is 0 Å². The zero-order chi connectivity index (χ0) is 22.8. The lowest BCUT2D eigenvalue weighted by atomic mass is 10.1. The zero-order valence-electron chi connectivity index (χ0n) is 18.6. The van der Waals surface area contributed by atoms with Gasteiger partial charge in [-0.3, -0.25) is 14.3 Å². The molecule has 0 spiro atoms. The average molecular weight is 456 g/mol. The number of nitrogens with zero attached hydrogens (tertiary/aromatic N) is 4. The van der Waals surface area contributed by atoms with Crippen LogP contribution in [0.2, 0.25) is 0 Å². The Balaban J connectivity index is 1.60. The van der Waals surface area contributed by atoms with E-state index in [4.69, 9.17) is 0 Å². The Morgan fingerprint density at radius 2 is 1.88 bits per heavy atom. The summed E-state index contributed by atoms with van der Waals surface area (Å²) in [5.41, 5.74) is 5.10. The first-order valence-electron chi connectivity index (χ1n) is 11.1. The maximum absolute atomic E-state index is 13.2. The number of benzene rings is 2. The van der Waals surface area contributed by atoms with Crippen LogP contribution in [0.5, 0.6) is 0 Å². The van der Waals surface area contributed by atoms with Gasteiger partial charge in [-0.25, -0.2) is 0 Å². The van der Waals surface area contributed by atoms with Crippen LogP contribution in [0.25, 0.3) is 17.1 Å². The molecule has 2 heterocycles. The summed E-state index contributed by atoms with van der Waals surface area (Å²) in [6.45, 7) is 4.16. The maximum Gasteiger partial charge on any atom is 0.238 e. The minimum atomic E-state index is -0.428. The van der Waals surface area contributed by atoms with E-state index in [9.17, 15) is 4.79 Å². The van der Waals surface area contributed by atoms with Gasteiger partial charge in [0.2, 0.25) is 5.91 Å². The highest BCUT2D eigenvalue weighted by molar-refractivity contribution is 8.00. The molecule has 2 aromatic carbocycles. The van der Waals surface area contributed by atoms with Crippen molar-refractivity contribution in [1.82, 2.24) is 25.1 Å². The van der Waals surface area contributed by atoms with Crippen LogP contribution in [-0.2, 0) is 4.79 Å². The lowest BCUT2D eigenvalue weighted by Gasteiger charge is -2.18. The van der Waals surface area contributed by atoms with E-state index in [1.807, 2.05) is 47.0 Å². The van der Waals surface area contributed by atoms with Crippen molar-refractivity contribution in [2.75, 3.05) is 0 Å². The molecule has 5 rings (SSSR count). The molecule has 1 aliphatic rings. The van der Waals surface area contributed by atoms with Crippen LogP contribution >= 0.6 is 11.8 Å². The third-order valence-corrected chi connectivity index (χ3v) is 6.83. The number of hydrogen-bond donors (Lipinski definition) is 1. The Labute approximate surface area is 197 Å². The number of pyridine rings is 1. The largest absolute Gasteiger partial charge is 0.352 e. The number of thioether (sulfide) groups is 1. The Kier molecular flexibility index (Phi) is 5.96. The molecule has 1 atom stereocenters. The van der Waals surface area contributed by atoms with Crippen LogP contribution < -0.4 is 5.32 Å². The molecule has 1 amide bonds. The standard InChI is InChI=1S/C26H25N5OS/c1-17-10-13-22(18(2)15-17)31-24(20-9-6-14-27-16-20)29-30-26(31)33-23(19-7-4-3-5-8-19)25(32)28-21-11-12-21/h3-10,13-16,21,23H,11-12H2,1-2H3,(H,28,32)/t23-/m1/s1. The number of nitrogens with one attached hydrogen (secondary N) is 1. The van der Waals surface area contributed by atoms with Crippen molar-refractivity contribution >= 4 is 17.7 Å². The normalized spacial score (nSPS) is 14.1. The van der Waals surface area contributed by atoms with Crippen molar-refractivity contribution in [2.24, 2.45) is 0 Å². The summed E-state index contributed by atoms with van der Waals surface area (Å²) in [5, 5.41) is 12.5. The monoisotopic (exact) mass is 455 g/mol. The molecule has 0 radical (unpaired) electrons.